The molecule has 2 aromatic heterocycles. The number of nitrogens with one attached hydrogen (secondary N) is 4. The zero-order valence-electron chi connectivity index (χ0n) is 20.1. The number of nitrogens with zero attached hydrogens (tertiary/aromatic N) is 2. The quantitative estimate of drug-likeness (QED) is 0.0985. The van der Waals surface area contributed by atoms with E-state index >= 15 is 0 Å². The number of benzene rings is 2. The van der Waals surface area contributed by atoms with Gasteiger partial charge in [-0.3, -0.25) is 0 Å². The van der Waals surface area contributed by atoms with Gasteiger partial charge in [-0.15, -0.1) is 0 Å². The van der Waals surface area contributed by atoms with E-state index in [2.05, 4.69) is 30.6 Å². The fraction of sp³-hybridized carbons (Fsp3) is 0.160. The third kappa shape index (κ3) is 6.81. The molecule has 2 heterocycles. The number of hydrogen-bond donors (Lipinski definition) is 6. The van der Waals surface area contributed by atoms with Gasteiger partial charge in [0.1, 0.15) is 23.0 Å². The number of carboxylic acid groups (broad SMARTS) is 1. The number of rotatable bonds is 12. The van der Waals surface area contributed by atoms with E-state index in [1.165, 1.54) is 6.07 Å². The lowest BCUT2D eigenvalue weighted by molar-refractivity contribution is 0.0698. The van der Waals surface area contributed by atoms with Gasteiger partial charge in [0.25, 0.3) is 0 Å². The number of carboxylic acids is 1. The molecular weight excluding hydrogens is 551 g/mol. The van der Waals surface area contributed by atoms with Crippen LogP contribution in [0, 0.1) is 6.92 Å². The Bertz CT molecular complexity index is 1470. The van der Waals surface area contributed by atoms with Gasteiger partial charge in [-0.25, -0.2) is 23.7 Å². The first kappa shape index (κ1) is 27.4. The first-order chi connectivity index (χ1) is 18.4. The number of aromatic carboxylic acids is 1. The van der Waals surface area contributed by atoms with E-state index in [0.29, 0.717) is 69.1 Å². The molecule has 10 nitrogen and oxygen atoms in total. The molecule has 0 bridgehead atoms. The van der Waals surface area contributed by atoms with Gasteiger partial charge in [0.15, 0.2) is 11.6 Å². The second kappa shape index (κ2) is 12.7. The standard InChI is InChI=1S/C25H24Cl2N6O4S/c1-14-31-23(28-10-11-30-38-36)22(24(32-14)33-20-5-3-2-4-17(20)25(34)35)29-13-16-7-9-21(37-16)18-12-15(26)6-8-19(18)27/h2-9,12,29,38H,10-11,13H2,1H3,(H,30,36)(H,34,35)(H2,28,31,32,33). The molecule has 0 atom stereocenters. The van der Waals surface area contributed by atoms with Gasteiger partial charge in [-0.1, -0.05) is 35.3 Å². The summed E-state index contributed by atoms with van der Waals surface area (Å²) in [6, 6.07) is 15.3. The number of para-hydroxylation sites is 1. The summed E-state index contributed by atoms with van der Waals surface area (Å²) in [6.07, 6.45) is 0. The van der Waals surface area contributed by atoms with Crippen molar-refractivity contribution in [3.8, 4) is 11.3 Å². The highest BCUT2D eigenvalue weighted by Crippen LogP contribution is 2.34. The molecule has 0 saturated heterocycles. The molecule has 0 fully saturated rings. The first-order valence-electron chi connectivity index (χ1n) is 11.4. The minimum absolute atomic E-state index is 0.0944. The Labute approximate surface area is 232 Å². The molecule has 198 valence electrons. The second-order valence-corrected chi connectivity index (χ2v) is 9.33. The topological polar surface area (TPSA) is 141 Å². The number of furan rings is 1. The lowest BCUT2D eigenvalue weighted by Crippen LogP contribution is -2.20. The zero-order valence-corrected chi connectivity index (χ0v) is 22.5. The van der Waals surface area contributed by atoms with E-state index in [1.54, 1.807) is 49.4 Å². The Hall–Kier alpha value is -3.64. The van der Waals surface area contributed by atoms with Crippen LogP contribution < -0.4 is 20.7 Å². The Morgan fingerprint density at radius 1 is 1.03 bits per heavy atom. The molecule has 0 aliphatic carbocycles. The number of hydrogen-bond acceptors (Lipinski definition) is 8. The van der Waals surface area contributed by atoms with Crippen LogP contribution in [0.4, 0.5) is 23.0 Å². The molecule has 0 radical (unpaired) electrons. The summed E-state index contributed by atoms with van der Waals surface area (Å²) < 4.78 is 19.4. The normalized spacial score (nSPS) is 10.8. The third-order valence-corrected chi connectivity index (χ3v) is 6.24. The molecule has 13 heteroatoms. The van der Waals surface area contributed by atoms with Crippen LogP contribution in [-0.2, 0) is 18.4 Å². The predicted molar refractivity (Wildman–Crippen MR) is 151 cm³/mol. The van der Waals surface area contributed by atoms with Gasteiger partial charge in [0, 0.05) is 23.7 Å². The van der Waals surface area contributed by atoms with Gasteiger partial charge < -0.3 is 25.5 Å². The van der Waals surface area contributed by atoms with E-state index < -0.39 is 5.97 Å². The molecular formula is C25H24Cl2N6O4S. The van der Waals surface area contributed by atoms with Crippen LogP contribution >= 0.6 is 23.2 Å². The largest absolute Gasteiger partial charge is 0.478 e. The fourth-order valence-corrected chi connectivity index (χ4v) is 4.21. The maximum Gasteiger partial charge on any atom is 0.337 e. The van der Waals surface area contributed by atoms with Crippen molar-refractivity contribution in [3.63, 3.8) is 0 Å². The maximum atomic E-state index is 11.7. The van der Waals surface area contributed by atoms with Gasteiger partial charge in [0.2, 0.25) is 0 Å². The highest BCUT2D eigenvalue weighted by Gasteiger charge is 2.18. The summed E-state index contributed by atoms with van der Waals surface area (Å²) in [4.78, 5) is 20.8. The van der Waals surface area contributed by atoms with Crippen LogP contribution in [0.3, 0.4) is 0 Å². The van der Waals surface area contributed by atoms with Gasteiger partial charge in [0.05, 0.1) is 34.7 Å². The lowest BCUT2D eigenvalue weighted by atomic mass is 10.2. The molecule has 0 amide bonds. The summed E-state index contributed by atoms with van der Waals surface area (Å²) >= 11 is 12.3. The van der Waals surface area contributed by atoms with Crippen molar-refractivity contribution in [3.05, 3.63) is 81.8 Å². The van der Waals surface area contributed by atoms with Gasteiger partial charge >= 0.3 is 5.97 Å². The van der Waals surface area contributed by atoms with E-state index in [-0.39, 0.29) is 24.0 Å². The van der Waals surface area contributed by atoms with Crippen LogP contribution in [0.2, 0.25) is 10.0 Å². The lowest BCUT2D eigenvalue weighted by Gasteiger charge is -2.18. The van der Waals surface area contributed by atoms with Gasteiger partial charge in [-0.05, 0) is 49.4 Å². The minimum atomic E-state index is -1.07. The van der Waals surface area contributed by atoms with Crippen LogP contribution in [0.5, 0.6) is 0 Å². The molecule has 2 aromatic carbocycles. The van der Waals surface area contributed by atoms with Crippen LogP contribution in [0.1, 0.15) is 21.9 Å². The average Bonchev–Trinajstić information content (AvgIpc) is 3.36. The number of aryl methyl sites for hydroxylation is 1. The van der Waals surface area contributed by atoms with Crippen molar-refractivity contribution in [2.24, 2.45) is 0 Å². The Morgan fingerprint density at radius 2 is 1.82 bits per heavy atom. The van der Waals surface area contributed by atoms with Crippen LogP contribution in [0.25, 0.3) is 11.3 Å². The summed E-state index contributed by atoms with van der Waals surface area (Å²) in [5.41, 5.74) is 1.63. The highest BCUT2D eigenvalue weighted by atomic mass is 35.5. The third-order valence-electron chi connectivity index (χ3n) is 5.32. The molecule has 5 N–H and O–H groups in total. The van der Waals surface area contributed by atoms with Crippen molar-refractivity contribution < 1.29 is 18.5 Å². The van der Waals surface area contributed by atoms with E-state index in [1.807, 2.05) is 6.07 Å². The summed E-state index contributed by atoms with van der Waals surface area (Å²) in [7, 11) is 0. The van der Waals surface area contributed by atoms with Crippen molar-refractivity contribution in [2.45, 2.75) is 13.5 Å². The molecule has 0 unspecified atom stereocenters. The summed E-state index contributed by atoms with van der Waals surface area (Å²) in [5, 5.41) is 20.3. The highest BCUT2D eigenvalue weighted by molar-refractivity contribution is 7.63. The SMILES string of the molecule is Cc1nc(NCCN[SH]=O)c(NCc2ccc(-c3cc(Cl)ccc3Cl)o2)c(Nc2ccccc2C(=O)O)n1. The molecule has 0 aliphatic rings. The van der Waals surface area contributed by atoms with E-state index in [0.717, 1.165) is 0 Å². The number of thiol groups is 1. The average molecular weight is 575 g/mol. The van der Waals surface area contributed by atoms with E-state index in [4.69, 9.17) is 27.6 Å². The van der Waals surface area contributed by atoms with E-state index in [9.17, 15) is 14.1 Å². The summed E-state index contributed by atoms with van der Waals surface area (Å²) in [5.74, 6) is 1.39. The van der Waals surface area contributed by atoms with Crippen molar-refractivity contribution in [1.29, 1.82) is 0 Å². The predicted octanol–water partition coefficient (Wildman–Crippen LogP) is 5.27. The van der Waals surface area contributed by atoms with Crippen LogP contribution in [0.15, 0.2) is 59.0 Å². The maximum absolute atomic E-state index is 11.7. The van der Waals surface area contributed by atoms with Crippen molar-refractivity contribution in [1.82, 2.24) is 14.7 Å². The molecule has 0 aliphatic heterocycles. The Morgan fingerprint density at radius 3 is 2.61 bits per heavy atom. The number of carbonyl (C=O) groups is 1. The number of anilines is 4. The monoisotopic (exact) mass is 574 g/mol. The number of aromatic nitrogens is 2. The second-order valence-electron chi connectivity index (χ2n) is 7.99. The molecule has 4 rings (SSSR count). The van der Waals surface area contributed by atoms with Crippen molar-refractivity contribution in [2.75, 3.05) is 29.0 Å². The fourth-order valence-electron chi connectivity index (χ4n) is 3.63. The smallest absolute Gasteiger partial charge is 0.337 e. The van der Waals surface area contributed by atoms with Gasteiger partial charge in [-0.2, -0.15) is 0 Å². The number of halogens is 2. The Kier molecular flexibility index (Phi) is 9.19. The molecule has 4 aromatic rings. The molecule has 0 spiro atoms. The zero-order chi connectivity index (χ0) is 27.1. The minimum Gasteiger partial charge on any atom is -0.478 e. The van der Waals surface area contributed by atoms with Crippen LogP contribution in [-0.4, -0.2) is 38.3 Å². The molecule has 38 heavy (non-hydrogen) atoms. The Balaban J connectivity index is 1.64. The summed E-state index contributed by atoms with van der Waals surface area (Å²) in [6.45, 7) is 2.82. The van der Waals surface area contributed by atoms with Crippen molar-refractivity contribution >= 4 is 64.0 Å². The first-order valence-corrected chi connectivity index (χ1v) is 13.0. The molecule has 0 saturated carbocycles.